The number of hydrogen-bond donors (Lipinski definition) is 1. The van der Waals surface area contributed by atoms with Gasteiger partial charge >= 0.3 is 5.97 Å². The van der Waals surface area contributed by atoms with Crippen molar-refractivity contribution in [2.75, 3.05) is 5.32 Å². The van der Waals surface area contributed by atoms with Crippen LogP contribution in [-0.4, -0.2) is 33.1 Å². The Labute approximate surface area is 188 Å². The van der Waals surface area contributed by atoms with E-state index in [0.717, 1.165) is 16.8 Å². The summed E-state index contributed by atoms with van der Waals surface area (Å²) in [5.74, 6) is -0.193. The number of amides is 1. The highest BCUT2D eigenvalue weighted by Crippen LogP contribution is 2.24. The van der Waals surface area contributed by atoms with E-state index in [4.69, 9.17) is 9.26 Å². The first kappa shape index (κ1) is 21.4. The molecule has 0 aliphatic heterocycles. The predicted octanol–water partition coefficient (Wildman–Crippen LogP) is 4.36. The zero-order chi connectivity index (χ0) is 22.3. The summed E-state index contributed by atoms with van der Waals surface area (Å²) in [5, 5.41) is 8.90. The van der Waals surface area contributed by atoms with Crippen LogP contribution in [0.25, 0.3) is 22.6 Å². The molecule has 1 unspecified atom stereocenters. The zero-order valence-electron chi connectivity index (χ0n) is 17.2. The van der Waals surface area contributed by atoms with E-state index < -0.39 is 18.0 Å². The minimum absolute atomic E-state index is 0.0173. The molecule has 0 fully saturated rings. The summed E-state index contributed by atoms with van der Waals surface area (Å²) in [6.07, 6.45) is -0.724. The molecule has 1 N–H and O–H groups in total. The molecule has 4 aromatic rings. The van der Waals surface area contributed by atoms with Crippen LogP contribution in [0.2, 0.25) is 0 Å². The Balaban J connectivity index is 1.25. The Morgan fingerprint density at radius 2 is 1.72 bits per heavy atom. The Hall–Kier alpha value is -3.85. The summed E-state index contributed by atoms with van der Waals surface area (Å²) in [6, 6.07) is 19.0. The van der Waals surface area contributed by atoms with Crippen molar-refractivity contribution in [3.8, 4) is 22.6 Å². The second-order valence-corrected chi connectivity index (χ2v) is 7.76. The highest BCUT2D eigenvalue weighted by Gasteiger charge is 2.20. The Morgan fingerprint density at radius 3 is 2.44 bits per heavy atom. The molecule has 0 bridgehead atoms. The number of anilines is 1. The fourth-order valence-electron chi connectivity index (χ4n) is 2.86. The summed E-state index contributed by atoms with van der Waals surface area (Å²) in [4.78, 5) is 33.2. The van der Waals surface area contributed by atoms with Gasteiger partial charge < -0.3 is 9.26 Å². The fraction of sp³-hybridized carbons (Fsp3) is 0.174. The number of aromatic nitrogens is 3. The van der Waals surface area contributed by atoms with Crippen LogP contribution in [0.3, 0.4) is 0 Å². The van der Waals surface area contributed by atoms with Crippen LogP contribution in [0.4, 0.5) is 5.13 Å². The third-order valence-electron chi connectivity index (χ3n) is 4.52. The maximum absolute atomic E-state index is 12.4. The lowest BCUT2D eigenvalue weighted by molar-refractivity contribution is -0.153. The summed E-state index contributed by atoms with van der Waals surface area (Å²) in [7, 11) is 0. The average Bonchev–Trinajstić information content (AvgIpc) is 3.49. The van der Waals surface area contributed by atoms with Crippen LogP contribution in [0.15, 0.2) is 70.6 Å². The second kappa shape index (κ2) is 9.97. The lowest BCUT2D eigenvalue weighted by atomic mass is 10.2. The van der Waals surface area contributed by atoms with Crippen molar-refractivity contribution < 1.29 is 18.8 Å². The van der Waals surface area contributed by atoms with Crippen molar-refractivity contribution in [1.82, 2.24) is 15.1 Å². The topological polar surface area (TPSA) is 107 Å². The SMILES string of the molecule is CC(OC(=O)CCc1nc(-c2ccccc2)no1)C(=O)Nc1nc(-c2ccccc2)cs1. The minimum Gasteiger partial charge on any atom is -0.453 e. The van der Waals surface area contributed by atoms with Gasteiger partial charge in [0.2, 0.25) is 11.7 Å². The molecular weight excluding hydrogens is 428 g/mol. The predicted molar refractivity (Wildman–Crippen MR) is 120 cm³/mol. The zero-order valence-corrected chi connectivity index (χ0v) is 18.0. The summed E-state index contributed by atoms with van der Waals surface area (Å²) in [5.41, 5.74) is 2.55. The number of hydrogen-bond acceptors (Lipinski definition) is 8. The van der Waals surface area contributed by atoms with Crippen LogP contribution in [0.1, 0.15) is 19.2 Å². The average molecular weight is 449 g/mol. The van der Waals surface area contributed by atoms with Crippen LogP contribution in [0, 0.1) is 0 Å². The van der Waals surface area contributed by atoms with Crippen molar-refractivity contribution in [2.24, 2.45) is 0 Å². The number of carbonyl (C=O) groups excluding carboxylic acids is 2. The van der Waals surface area contributed by atoms with Gasteiger partial charge in [0.05, 0.1) is 12.1 Å². The summed E-state index contributed by atoms with van der Waals surface area (Å²) < 4.78 is 10.4. The number of benzene rings is 2. The molecule has 1 atom stereocenters. The summed E-state index contributed by atoms with van der Waals surface area (Å²) in [6.45, 7) is 1.51. The fourth-order valence-corrected chi connectivity index (χ4v) is 3.58. The highest BCUT2D eigenvalue weighted by atomic mass is 32.1. The van der Waals surface area contributed by atoms with E-state index in [0.29, 0.717) is 16.8 Å². The molecule has 4 rings (SSSR count). The number of carbonyl (C=O) groups is 2. The third-order valence-corrected chi connectivity index (χ3v) is 5.28. The molecule has 2 aromatic heterocycles. The first-order chi connectivity index (χ1) is 15.6. The molecule has 1 amide bonds. The molecule has 2 aromatic carbocycles. The van der Waals surface area contributed by atoms with Gasteiger partial charge in [-0.1, -0.05) is 65.8 Å². The third kappa shape index (κ3) is 5.44. The van der Waals surface area contributed by atoms with Crippen LogP contribution in [0.5, 0.6) is 0 Å². The van der Waals surface area contributed by atoms with Crippen LogP contribution in [-0.2, 0) is 20.7 Å². The number of thiazole rings is 1. The van der Waals surface area contributed by atoms with E-state index in [1.54, 1.807) is 0 Å². The van der Waals surface area contributed by atoms with E-state index in [-0.39, 0.29) is 12.8 Å². The monoisotopic (exact) mass is 448 g/mol. The number of nitrogens with zero attached hydrogens (tertiary/aromatic N) is 3. The highest BCUT2D eigenvalue weighted by molar-refractivity contribution is 7.14. The smallest absolute Gasteiger partial charge is 0.307 e. The molecule has 9 heteroatoms. The van der Waals surface area contributed by atoms with Gasteiger partial charge in [0.15, 0.2) is 11.2 Å². The van der Waals surface area contributed by atoms with Crippen molar-refractivity contribution in [3.05, 3.63) is 71.9 Å². The molecule has 32 heavy (non-hydrogen) atoms. The molecule has 0 aliphatic rings. The van der Waals surface area contributed by atoms with Gasteiger partial charge in [-0.2, -0.15) is 4.98 Å². The van der Waals surface area contributed by atoms with Crippen molar-refractivity contribution in [2.45, 2.75) is 25.9 Å². The van der Waals surface area contributed by atoms with Gasteiger partial charge in [-0.25, -0.2) is 4.98 Å². The van der Waals surface area contributed by atoms with Gasteiger partial charge in [-0.05, 0) is 6.92 Å². The lowest BCUT2D eigenvalue weighted by Gasteiger charge is -2.11. The largest absolute Gasteiger partial charge is 0.453 e. The first-order valence-corrected chi connectivity index (χ1v) is 10.9. The van der Waals surface area contributed by atoms with E-state index >= 15 is 0 Å². The van der Waals surface area contributed by atoms with Crippen LogP contribution < -0.4 is 5.32 Å². The lowest BCUT2D eigenvalue weighted by Crippen LogP contribution is -2.30. The quantitative estimate of drug-likeness (QED) is 0.399. The number of rotatable bonds is 8. The molecule has 0 saturated heterocycles. The molecular formula is C23H20N4O4S. The summed E-state index contributed by atoms with van der Waals surface area (Å²) >= 11 is 1.31. The van der Waals surface area contributed by atoms with Gasteiger partial charge in [0.1, 0.15) is 0 Å². The molecule has 0 saturated carbocycles. The number of ether oxygens (including phenoxy) is 1. The maximum Gasteiger partial charge on any atom is 0.307 e. The molecule has 2 heterocycles. The van der Waals surface area contributed by atoms with Crippen molar-refractivity contribution in [3.63, 3.8) is 0 Å². The molecule has 0 spiro atoms. The molecule has 8 nitrogen and oxygen atoms in total. The van der Waals surface area contributed by atoms with Crippen LogP contribution >= 0.6 is 11.3 Å². The van der Waals surface area contributed by atoms with E-state index in [2.05, 4.69) is 20.4 Å². The molecule has 162 valence electrons. The Bertz CT molecular complexity index is 1190. The second-order valence-electron chi connectivity index (χ2n) is 6.90. The van der Waals surface area contributed by atoms with Gasteiger partial charge in [-0.3, -0.25) is 14.9 Å². The van der Waals surface area contributed by atoms with Gasteiger partial charge in [-0.15, -0.1) is 11.3 Å². The maximum atomic E-state index is 12.4. The van der Waals surface area contributed by atoms with Gasteiger partial charge in [0.25, 0.3) is 5.91 Å². The minimum atomic E-state index is -0.964. The van der Waals surface area contributed by atoms with E-state index in [1.165, 1.54) is 18.3 Å². The molecule has 0 aliphatic carbocycles. The number of nitrogens with one attached hydrogen (secondary N) is 1. The molecule has 0 radical (unpaired) electrons. The first-order valence-electron chi connectivity index (χ1n) is 9.98. The number of aryl methyl sites for hydroxylation is 1. The Morgan fingerprint density at radius 1 is 1.03 bits per heavy atom. The standard InChI is InChI=1S/C23H20N4O4S/c1-15(22(29)26-23-24-18(14-32-23)16-8-4-2-5-9-16)30-20(28)13-12-19-25-21(27-31-19)17-10-6-3-7-11-17/h2-11,14-15H,12-13H2,1H3,(H,24,26,29). The normalized spacial score (nSPS) is 11.7. The van der Waals surface area contributed by atoms with E-state index in [9.17, 15) is 9.59 Å². The van der Waals surface area contributed by atoms with Crippen molar-refractivity contribution in [1.29, 1.82) is 0 Å². The van der Waals surface area contributed by atoms with E-state index in [1.807, 2.05) is 66.0 Å². The Kier molecular flexibility index (Phi) is 6.66. The van der Waals surface area contributed by atoms with Crippen molar-refractivity contribution >= 4 is 28.3 Å². The number of esters is 1. The van der Waals surface area contributed by atoms with Gasteiger partial charge in [0, 0.05) is 22.9 Å².